The Morgan fingerprint density at radius 3 is 2.86 bits per heavy atom. The number of carbonyl (C=O) groups excluding carboxylic acids is 1. The summed E-state index contributed by atoms with van der Waals surface area (Å²) in [6.07, 6.45) is 5.34. The van der Waals surface area contributed by atoms with Gasteiger partial charge in [-0.3, -0.25) is 4.79 Å². The van der Waals surface area contributed by atoms with Crippen LogP contribution >= 0.6 is 0 Å². The third-order valence-corrected chi connectivity index (χ3v) is 4.44. The Bertz CT molecular complexity index is 527. The van der Waals surface area contributed by atoms with Crippen LogP contribution in [0.25, 0.3) is 0 Å². The Kier molecular flexibility index (Phi) is 4.08. The first-order valence-corrected chi connectivity index (χ1v) is 8.05. The van der Waals surface area contributed by atoms with E-state index in [4.69, 9.17) is 0 Å². The fourth-order valence-electron chi connectivity index (χ4n) is 3.11. The monoisotopic (exact) mass is 288 g/mol. The molecule has 2 fully saturated rings. The van der Waals surface area contributed by atoms with Crippen molar-refractivity contribution in [3.63, 3.8) is 0 Å². The second-order valence-electron chi connectivity index (χ2n) is 6.27. The minimum absolute atomic E-state index is 0.139. The summed E-state index contributed by atoms with van der Waals surface area (Å²) in [5, 5.41) is 3.36. The van der Waals surface area contributed by atoms with E-state index < -0.39 is 0 Å². The van der Waals surface area contributed by atoms with E-state index in [0.29, 0.717) is 18.3 Å². The van der Waals surface area contributed by atoms with Gasteiger partial charge >= 0.3 is 0 Å². The predicted octanol–water partition coefficient (Wildman–Crippen LogP) is 2.48. The van der Waals surface area contributed by atoms with Crippen molar-refractivity contribution in [2.24, 2.45) is 0 Å². The van der Waals surface area contributed by atoms with E-state index in [0.717, 1.165) is 30.9 Å². The summed E-state index contributed by atoms with van der Waals surface area (Å²) in [6.45, 7) is 5.72. The van der Waals surface area contributed by atoms with Crippen molar-refractivity contribution in [2.75, 3.05) is 18.4 Å². The molecule has 1 saturated carbocycles. The van der Waals surface area contributed by atoms with Crippen molar-refractivity contribution in [1.29, 1.82) is 0 Å². The highest BCUT2D eigenvalue weighted by Gasteiger charge is 2.29. The molecule has 114 valence electrons. The number of hydrogen-bond acceptors (Lipinski definition) is 4. The van der Waals surface area contributed by atoms with Gasteiger partial charge < -0.3 is 10.2 Å². The fraction of sp³-hybridized carbons (Fsp3) is 0.688. The number of nitrogens with zero attached hydrogens (tertiary/aromatic N) is 3. The van der Waals surface area contributed by atoms with Crippen LogP contribution in [0.3, 0.4) is 0 Å². The molecule has 21 heavy (non-hydrogen) atoms. The first-order chi connectivity index (χ1) is 10.2. The van der Waals surface area contributed by atoms with E-state index in [1.54, 1.807) is 0 Å². The molecule has 5 nitrogen and oxygen atoms in total. The maximum Gasteiger partial charge on any atom is 0.224 e. The molecular weight excluding hydrogens is 264 g/mol. The second kappa shape index (κ2) is 6.00. The molecule has 2 aliphatic rings. The number of likely N-dealkylation sites (tertiary alicyclic amines) is 1. The Morgan fingerprint density at radius 2 is 2.19 bits per heavy atom. The molecular formula is C16H24N4O. The predicted molar refractivity (Wildman–Crippen MR) is 82.3 cm³/mol. The van der Waals surface area contributed by atoms with Gasteiger partial charge in [0, 0.05) is 36.8 Å². The molecule has 2 heterocycles. The number of hydrogen-bond donors (Lipinski definition) is 1. The molecule has 0 spiro atoms. The molecule has 1 aromatic rings. The highest BCUT2D eigenvalue weighted by Crippen LogP contribution is 2.35. The minimum atomic E-state index is 0.139. The van der Waals surface area contributed by atoms with Gasteiger partial charge in [0.25, 0.3) is 0 Å². The normalized spacial score (nSPS) is 22.5. The quantitative estimate of drug-likeness (QED) is 0.904. The summed E-state index contributed by atoms with van der Waals surface area (Å²) in [7, 11) is 0. The maximum atomic E-state index is 11.9. The van der Waals surface area contributed by atoms with Crippen LogP contribution < -0.4 is 5.32 Å². The molecule has 5 heteroatoms. The Labute approximate surface area is 126 Å². The van der Waals surface area contributed by atoms with Crippen LogP contribution in [0.15, 0.2) is 6.07 Å². The summed E-state index contributed by atoms with van der Waals surface area (Å²) in [5.41, 5.74) is 2.16. The highest BCUT2D eigenvalue weighted by atomic mass is 16.2. The van der Waals surface area contributed by atoms with Crippen LogP contribution in [0.1, 0.15) is 56.3 Å². The van der Waals surface area contributed by atoms with Crippen molar-refractivity contribution in [2.45, 2.75) is 57.9 Å². The van der Waals surface area contributed by atoms with Gasteiger partial charge in [0.15, 0.2) is 0 Å². The molecule has 3 rings (SSSR count). The van der Waals surface area contributed by atoms with Crippen molar-refractivity contribution in [3.8, 4) is 0 Å². The molecule has 0 radical (unpaired) electrons. The van der Waals surface area contributed by atoms with Crippen LogP contribution in [0.2, 0.25) is 0 Å². The van der Waals surface area contributed by atoms with Gasteiger partial charge in [-0.05, 0) is 32.3 Å². The van der Waals surface area contributed by atoms with Crippen molar-refractivity contribution in [1.82, 2.24) is 14.9 Å². The Balaban J connectivity index is 1.67. The van der Waals surface area contributed by atoms with Gasteiger partial charge in [-0.25, -0.2) is 9.97 Å². The number of aromatic nitrogens is 2. The number of rotatable bonds is 5. The van der Waals surface area contributed by atoms with E-state index in [9.17, 15) is 4.79 Å². The standard InChI is InChI=1S/C16H24N4O/c1-3-7-20-10-13(9-15(20)21)18-16-17-11(2)8-14(19-16)12-5-4-6-12/h8,12-13H,3-7,9-10H2,1-2H3,(H,17,18,19). The van der Waals surface area contributed by atoms with E-state index in [1.807, 2.05) is 11.8 Å². The van der Waals surface area contributed by atoms with Crippen LogP contribution in [-0.2, 0) is 4.79 Å². The van der Waals surface area contributed by atoms with Gasteiger partial charge in [0.1, 0.15) is 0 Å². The first kappa shape index (κ1) is 14.3. The molecule has 1 unspecified atom stereocenters. The van der Waals surface area contributed by atoms with Crippen molar-refractivity contribution < 1.29 is 4.79 Å². The summed E-state index contributed by atoms with van der Waals surface area (Å²) in [6, 6.07) is 2.23. The Hall–Kier alpha value is -1.65. The summed E-state index contributed by atoms with van der Waals surface area (Å²) in [5.74, 6) is 1.53. The highest BCUT2D eigenvalue weighted by molar-refractivity contribution is 5.79. The summed E-state index contributed by atoms with van der Waals surface area (Å²) in [4.78, 5) is 23.0. The average molecular weight is 288 g/mol. The molecule has 1 aromatic heterocycles. The number of carbonyl (C=O) groups is 1. The molecule has 1 N–H and O–H groups in total. The van der Waals surface area contributed by atoms with Gasteiger partial charge in [-0.2, -0.15) is 0 Å². The zero-order valence-corrected chi connectivity index (χ0v) is 12.9. The van der Waals surface area contributed by atoms with Crippen LogP contribution in [0, 0.1) is 6.92 Å². The van der Waals surface area contributed by atoms with Gasteiger partial charge in [0.05, 0.1) is 6.04 Å². The minimum Gasteiger partial charge on any atom is -0.349 e. The number of amides is 1. The first-order valence-electron chi connectivity index (χ1n) is 8.05. The fourth-order valence-corrected chi connectivity index (χ4v) is 3.11. The summed E-state index contributed by atoms with van der Waals surface area (Å²) >= 11 is 0. The molecule has 0 bridgehead atoms. The topological polar surface area (TPSA) is 58.1 Å². The molecule has 1 saturated heterocycles. The molecule has 1 aliphatic carbocycles. The summed E-state index contributed by atoms with van der Waals surface area (Å²) < 4.78 is 0. The smallest absolute Gasteiger partial charge is 0.224 e. The lowest BCUT2D eigenvalue weighted by molar-refractivity contribution is -0.127. The maximum absolute atomic E-state index is 11.9. The second-order valence-corrected chi connectivity index (χ2v) is 6.27. The van der Waals surface area contributed by atoms with E-state index in [2.05, 4.69) is 28.3 Å². The van der Waals surface area contributed by atoms with Gasteiger partial charge in [0.2, 0.25) is 11.9 Å². The zero-order chi connectivity index (χ0) is 14.8. The van der Waals surface area contributed by atoms with Crippen LogP contribution in [0.4, 0.5) is 5.95 Å². The van der Waals surface area contributed by atoms with Gasteiger partial charge in [-0.15, -0.1) is 0 Å². The van der Waals surface area contributed by atoms with Crippen molar-refractivity contribution >= 4 is 11.9 Å². The molecule has 0 aromatic carbocycles. The number of aryl methyl sites for hydroxylation is 1. The zero-order valence-electron chi connectivity index (χ0n) is 12.9. The van der Waals surface area contributed by atoms with Gasteiger partial charge in [-0.1, -0.05) is 13.3 Å². The van der Waals surface area contributed by atoms with E-state index in [1.165, 1.54) is 19.3 Å². The molecule has 1 atom stereocenters. The number of nitrogens with one attached hydrogen (secondary N) is 1. The number of anilines is 1. The van der Waals surface area contributed by atoms with Crippen LogP contribution in [-0.4, -0.2) is 39.9 Å². The van der Waals surface area contributed by atoms with E-state index in [-0.39, 0.29) is 11.9 Å². The SMILES string of the molecule is CCCN1CC(Nc2nc(C)cc(C3CCC3)n2)CC1=O. The Morgan fingerprint density at radius 1 is 1.38 bits per heavy atom. The molecule has 1 aliphatic heterocycles. The lowest BCUT2D eigenvalue weighted by atomic mass is 9.83. The van der Waals surface area contributed by atoms with E-state index >= 15 is 0 Å². The lowest BCUT2D eigenvalue weighted by Crippen LogP contribution is -2.29. The average Bonchev–Trinajstić information content (AvgIpc) is 2.67. The molecule has 1 amide bonds. The van der Waals surface area contributed by atoms with Crippen LogP contribution in [0.5, 0.6) is 0 Å². The third kappa shape index (κ3) is 3.17. The third-order valence-electron chi connectivity index (χ3n) is 4.44. The lowest BCUT2D eigenvalue weighted by Gasteiger charge is -2.25. The van der Waals surface area contributed by atoms with Crippen molar-refractivity contribution in [3.05, 3.63) is 17.5 Å². The largest absolute Gasteiger partial charge is 0.349 e.